The molecule has 0 atom stereocenters. The van der Waals surface area contributed by atoms with Crippen LogP contribution in [0.3, 0.4) is 0 Å². The van der Waals surface area contributed by atoms with Crippen molar-refractivity contribution in [1.29, 1.82) is 0 Å². The van der Waals surface area contributed by atoms with Gasteiger partial charge in [0.1, 0.15) is 0 Å². The maximum Gasteiger partial charge on any atom is 0.236 e. The van der Waals surface area contributed by atoms with E-state index in [0.29, 0.717) is 13.2 Å². The average Bonchev–Trinajstić information content (AvgIpc) is 2.97. The highest BCUT2D eigenvalue weighted by molar-refractivity contribution is 7.07. The Bertz CT molecular complexity index is 389. The number of carbonyl (C=O) groups excluding carboxylic acids is 1. The first-order chi connectivity index (χ1) is 9.79. The number of ether oxygens (including phenoxy) is 1. The van der Waals surface area contributed by atoms with Gasteiger partial charge in [0.15, 0.2) is 0 Å². The molecule has 0 radical (unpaired) electrons. The summed E-state index contributed by atoms with van der Waals surface area (Å²) in [6, 6.07) is 2.17. The summed E-state index contributed by atoms with van der Waals surface area (Å²) in [5.41, 5.74) is 1.37. The van der Waals surface area contributed by atoms with Crippen molar-refractivity contribution in [3.63, 3.8) is 0 Å². The summed E-state index contributed by atoms with van der Waals surface area (Å²) in [7, 11) is 1.66. The molecule has 2 heterocycles. The summed E-state index contributed by atoms with van der Waals surface area (Å²) < 4.78 is 4.94. The monoisotopic (exact) mass is 297 g/mol. The smallest absolute Gasteiger partial charge is 0.236 e. The molecular formula is C14H23N3O2S. The predicted octanol–water partition coefficient (Wildman–Crippen LogP) is 0.628. The van der Waals surface area contributed by atoms with Crippen LogP contribution in [0.25, 0.3) is 0 Å². The van der Waals surface area contributed by atoms with E-state index in [0.717, 1.165) is 39.3 Å². The first-order valence-corrected chi connectivity index (χ1v) is 7.94. The molecule has 0 unspecified atom stereocenters. The highest BCUT2D eigenvalue weighted by Crippen LogP contribution is 2.11. The zero-order chi connectivity index (χ0) is 14.2. The lowest BCUT2D eigenvalue weighted by Gasteiger charge is -2.34. The minimum atomic E-state index is 0.191. The van der Waals surface area contributed by atoms with Crippen LogP contribution in [0, 0.1) is 0 Å². The summed E-state index contributed by atoms with van der Waals surface area (Å²) in [5.74, 6) is 0.191. The Morgan fingerprint density at radius 3 is 2.85 bits per heavy atom. The Hall–Kier alpha value is -0.950. The molecule has 5 nitrogen and oxygen atoms in total. The molecule has 2 rings (SSSR count). The second-order valence-corrected chi connectivity index (χ2v) is 5.74. The summed E-state index contributed by atoms with van der Waals surface area (Å²) in [4.78, 5) is 16.3. The van der Waals surface area contributed by atoms with Crippen molar-refractivity contribution < 1.29 is 9.53 Å². The molecule has 0 aromatic carbocycles. The van der Waals surface area contributed by atoms with Crippen LogP contribution < -0.4 is 5.32 Å². The van der Waals surface area contributed by atoms with Crippen molar-refractivity contribution in [3.8, 4) is 0 Å². The second kappa shape index (κ2) is 8.36. The topological polar surface area (TPSA) is 44.8 Å². The quantitative estimate of drug-likeness (QED) is 0.750. The Labute approximate surface area is 124 Å². The largest absolute Gasteiger partial charge is 0.383 e. The molecule has 1 saturated heterocycles. The molecule has 0 bridgehead atoms. The Kier molecular flexibility index (Phi) is 6.46. The van der Waals surface area contributed by atoms with Gasteiger partial charge in [-0.05, 0) is 22.4 Å². The van der Waals surface area contributed by atoms with E-state index in [9.17, 15) is 4.79 Å². The van der Waals surface area contributed by atoms with Crippen LogP contribution in [0.2, 0.25) is 0 Å². The highest BCUT2D eigenvalue weighted by atomic mass is 32.1. The average molecular weight is 297 g/mol. The molecular weight excluding hydrogens is 274 g/mol. The lowest BCUT2D eigenvalue weighted by molar-refractivity contribution is -0.132. The molecule has 1 amide bonds. The normalized spacial score (nSPS) is 16.6. The molecule has 112 valence electrons. The Balaban J connectivity index is 1.64. The number of thiophene rings is 1. The van der Waals surface area contributed by atoms with Gasteiger partial charge in [-0.25, -0.2) is 0 Å². The zero-order valence-corrected chi connectivity index (χ0v) is 12.8. The highest BCUT2D eigenvalue weighted by Gasteiger charge is 2.20. The Morgan fingerprint density at radius 2 is 2.20 bits per heavy atom. The number of carbonyl (C=O) groups is 1. The van der Waals surface area contributed by atoms with Crippen molar-refractivity contribution in [3.05, 3.63) is 22.4 Å². The number of nitrogens with zero attached hydrogens (tertiary/aromatic N) is 2. The third kappa shape index (κ3) is 4.86. The van der Waals surface area contributed by atoms with Crippen molar-refractivity contribution in [1.82, 2.24) is 15.1 Å². The van der Waals surface area contributed by atoms with E-state index in [4.69, 9.17) is 4.74 Å². The zero-order valence-electron chi connectivity index (χ0n) is 12.0. The van der Waals surface area contributed by atoms with E-state index in [1.165, 1.54) is 5.56 Å². The van der Waals surface area contributed by atoms with Gasteiger partial charge in [0.25, 0.3) is 0 Å². The van der Waals surface area contributed by atoms with Crippen LogP contribution in [-0.2, 0) is 16.1 Å². The summed E-state index contributed by atoms with van der Waals surface area (Å²) in [5, 5.41) is 7.41. The number of hydrogen-bond acceptors (Lipinski definition) is 5. The van der Waals surface area contributed by atoms with Gasteiger partial charge in [-0.2, -0.15) is 11.3 Å². The SMILES string of the molecule is COCCNCC(=O)N1CCN(Cc2ccsc2)CC1. The van der Waals surface area contributed by atoms with E-state index < -0.39 is 0 Å². The molecule has 0 spiro atoms. The van der Waals surface area contributed by atoms with Crippen LogP contribution in [0.1, 0.15) is 5.56 Å². The number of piperazine rings is 1. The molecule has 1 N–H and O–H groups in total. The predicted molar refractivity (Wildman–Crippen MR) is 80.9 cm³/mol. The summed E-state index contributed by atoms with van der Waals surface area (Å²) >= 11 is 1.74. The van der Waals surface area contributed by atoms with E-state index >= 15 is 0 Å². The van der Waals surface area contributed by atoms with Crippen LogP contribution in [-0.4, -0.2) is 68.7 Å². The first kappa shape index (κ1) is 15.4. The van der Waals surface area contributed by atoms with Crippen LogP contribution in [0.5, 0.6) is 0 Å². The van der Waals surface area contributed by atoms with Gasteiger partial charge in [0.05, 0.1) is 13.2 Å². The molecule has 0 aliphatic carbocycles. The number of rotatable bonds is 7. The first-order valence-electron chi connectivity index (χ1n) is 7.00. The third-order valence-corrected chi connectivity index (χ3v) is 4.20. The third-order valence-electron chi connectivity index (χ3n) is 3.47. The maximum atomic E-state index is 12.0. The molecule has 1 aromatic heterocycles. The maximum absolute atomic E-state index is 12.0. The molecule has 20 heavy (non-hydrogen) atoms. The van der Waals surface area contributed by atoms with E-state index in [-0.39, 0.29) is 5.91 Å². The minimum Gasteiger partial charge on any atom is -0.383 e. The van der Waals surface area contributed by atoms with Gasteiger partial charge in [-0.3, -0.25) is 9.69 Å². The molecule has 6 heteroatoms. The number of hydrogen-bond donors (Lipinski definition) is 1. The van der Waals surface area contributed by atoms with Crippen molar-refractivity contribution in [2.24, 2.45) is 0 Å². The van der Waals surface area contributed by atoms with Gasteiger partial charge in [0, 0.05) is 46.4 Å². The van der Waals surface area contributed by atoms with Gasteiger partial charge >= 0.3 is 0 Å². The lowest BCUT2D eigenvalue weighted by atomic mass is 10.2. The van der Waals surface area contributed by atoms with Gasteiger partial charge in [0.2, 0.25) is 5.91 Å². The van der Waals surface area contributed by atoms with Crippen LogP contribution >= 0.6 is 11.3 Å². The van der Waals surface area contributed by atoms with Crippen LogP contribution in [0.15, 0.2) is 16.8 Å². The number of nitrogens with one attached hydrogen (secondary N) is 1. The van der Waals surface area contributed by atoms with Gasteiger partial charge < -0.3 is 15.0 Å². The molecule has 1 aromatic rings. The van der Waals surface area contributed by atoms with Gasteiger partial charge in [-0.15, -0.1) is 0 Å². The second-order valence-electron chi connectivity index (χ2n) is 4.96. The van der Waals surface area contributed by atoms with E-state index in [1.807, 2.05) is 4.90 Å². The molecule has 0 saturated carbocycles. The lowest BCUT2D eigenvalue weighted by Crippen LogP contribution is -2.50. The van der Waals surface area contributed by atoms with Gasteiger partial charge in [-0.1, -0.05) is 0 Å². The van der Waals surface area contributed by atoms with Crippen molar-refractivity contribution >= 4 is 17.2 Å². The number of methoxy groups -OCH3 is 1. The summed E-state index contributed by atoms with van der Waals surface area (Å²) in [6.45, 7) is 6.34. The standard InChI is InChI=1S/C14H23N3O2S/c1-19-8-3-15-10-14(18)17-6-4-16(5-7-17)11-13-2-9-20-12-13/h2,9,12,15H,3-8,10-11H2,1H3. The molecule has 1 fully saturated rings. The Morgan fingerprint density at radius 1 is 1.40 bits per heavy atom. The fraction of sp³-hybridized carbons (Fsp3) is 0.643. The van der Waals surface area contributed by atoms with E-state index in [1.54, 1.807) is 18.4 Å². The van der Waals surface area contributed by atoms with Crippen molar-refractivity contribution in [2.45, 2.75) is 6.54 Å². The van der Waals surface area contributed by atoms with Crippen LogP contribution in [0.4, 0.5) is 0 Å². The fourth-order valence-corrected chi connectivity index (χ4v) is 2.94. The fourth-order valence-electron chi connectivity index (χ4n) is 2.28. The van der Waals surface area contributed by atoms with E-state index in [2.05, 4.69) is 27.0 Å². The minimum absolute atomic E-state index is 0.191. The number of amides is 1. The summed E-state index contributed by atoms with van der Waals surface area (Å²) in [6.07, 6.45) is 0. The molecule has 1 aliphatic rings. The van der Waals surface area contributed by atoms with Crippen molar-refractivity contribution in [2.75, 3.05) is 53.0 Å². The molecule has 1 aliphatic heterocycles.